The highest BCUT2D eigenvalue weighted by Gasteiger charge is 2.31. The number of nitrogens with zero attached hydrogens (tertiary/aromatic N) is 4. The number of anilines is 2. The molecule has 0 aliphatic carbocycles. The molecule has 11 heteroatoms. The van der Waals surface area contributed by atoms with E-state index in [1.54, 1.807) is 0 Å². The third-order valence-electron chi connectivity index (χ3n) is 2.74. The molecular weight excluding hydrogens is 284 g/mol. The summed E-state index contributed by atoms with van der Waals surface area (Å²) in [6.45, 7) is 0. The molecule has 0 aliphatic rings. The summed E-state index contributed by atoms with van der Waals surface area (Å²) in [5.41, 5.74) is 8.43. The van der Waals surface area contributed by atoms with E-state index in [0.29, 0.717) is 10.8 Å². The Labute approximate surface area is 116 Å². The van der Waals surface area contributed by atoms with Crippen LogP contribution in [0.2, 0.25) is 0 Å². The Morgan fingerprint density at radius 1 is 1.10 bits per heavy atom. The maximum absolute atomic E-state index is 11.7. The molecule has 21 heavy (non-hydrogen) atoms. The summed E-state index contributed by atoms with van der Waals surface area (Å²) in [4.78, 5) is 23.8. The van der Waals surface area contributed by atoms with Gasteiger partial charge >= 0.3 is 0 Å². The quantitative estimate of drug-likeness (QED) is 0.267. The van der Waals surface area contributed by atoms with Crippen molar-refractivity contribution in [2.45, 2.75) is 0 Å². The first-order valence-electron chi connectivity index (χ1n) is 5.38. The van der Waals surface area contributed by atoms with Gasteiger partial charge in [-0.2, -0.15) is 4.73 Å². The highest BCUT2D eigenvalue weighted by molar-refractivity contribution is 5.93. The van der Waals surface area contributed by atoms with Crippen LogP contribution in [-0.2, 0) is 0 Å². The van der Waals surface area contributed by atoms with Gasteiger partial charge in [0, 0.05) is 0 Å². The zero-order valence-corrected chi connectivity index (χ0v) is 10.3. The van der Waals surface area contributed by atoms with Gasteiger partial charge in [-0.05, 0) is 0 Å². The number of hydrogen-bond acceptors (Lipinski definition) is 8. The summed E-state index contributed by atoms with van der Waals surface area (Å²) in [6.07, 6.45) is 3.25. The molecule has 0 spiro atoms. The van der Waals surface area contributed by atoms with E-state index in [4.69, 9.17) is 11.5 Å². The number of nitro benzene ring substituents is 2. The van der Waals surface area contributed by atoms with Crippen LogP contribution in [-0.4, -0.2) is 14.8 Å². The smallest absolute Gasteiger partial charge is 0.300 e. The first-order valence-corrected chi connectivity index (χ1v) is 5.38. The summed E-state index contributed by atoms with van der Waals surface area (Å²) in [5, 5.41) is 33.6. The fourth-order valence-corrected chi connectivity index (χ4v) is 1.79. The van der Waals surface area contributed by atoms with Crippen molar-refractivity contribution in [3.63, 3.8) is 0 Å². The van der Waals surface area contributed by atoms with Crippen LogP contribution in [0.1, 0.15) is 0 Å². The molecule has 108 valence electrons. The topological polar surface area (TPSA) is 178 Å². The summed E-state index contributed by atoms with van der Waals surface area (Å²) in [7, 11) is 0. The van der Waals surface area contributed by atoms with E-state index in [0.717, 1.165) is 12.4 Å². The summed E-state index contributed by atoms with van der Waals surface area (Å²) >= 11 is 0. The average molecular weight is 292 g/mol. The standard InChI is InChI=1S/C10H8N6O5/c11-9-5(15(18)19)3-6(16(20)21)10(12)8(9)7-4-13-1-2-14(7)17/h1-4H,11-12H2. The molecule has 2 rings (SSSR count). The van der Waals surface area contributed by atoms with E-state index in [9.17, 15) is 25.4 Å². The van der Waals surface area contributed by atoms with E-state index in [1.165, 1.54) is 6.20 Å². The Balaban J connectivity index is 2.91. The van der Waals surface area contributed by atoms with Crippen molar-refractivity contribution in [1.82, 2.24) is 4.98 Å². The third kappa shape index (κ3) is 2.22. The van der Waals surface area contributed by atoms with Crippen molar-refractivity contribution in [3.8, 4) is 11.3 Å². The second kappa shape index (κ2) is 4.88. The minimum Gasteiger partial charge on any atom is -0.618 e. The van der Waals surface area contributed by atoms with Gasteiger partial charge in [0.05, 0.1) is 22.1 Å². The SMILES string of the molecule is Nc1c([N+](=O)[O-])cc([N+](=O)[O-])c(N)c1-c1cncc[n+]1[O-]. The van der Waals surface area contributed by atoms with Crippen molar-refractivity contribution in [3.05, 3.63) is 50.1 Å². The number of hydrogen-bond donors (Lipinski definition) is 2. The lowest BCUT2D eigenvalue weighted by molar-refractivity contribution is -0.594. The molecule has 1 heterocycles. The first-order chi connectivity index (χ1) is 9.84. The molecule has 2 aromatic rings. The molecule has 0 amide bonds. The molecule has 0 saturated heterocycles. The van der Waals surface area contributed by atoms with Gasteiger partial charge < -0.3 is 16.7 Å². The Morgan fingerprint density at radius 3 is 2.05 bits per heavy atom. The van der Waals surface area contributed by atoms with Crippen LogP contribution in [0.5, 0.6) is 0 Å². The molecular formula is C10H8N6O5. The number of rotatable bonds is 3. The Hall–Kier alpha value is -3.50. The zero-order valence-electron chi connectivity index (χ0n) is 10.3. The minimum absolute atomic E-state index is 0.223. The lowest BCUT2D eigenvalue weighted by Crippen LogP contribution is -2.29. The van der Waals surface area contributed by atoms with Gasteiger partial charge in [0.1, 0.15) is 23.1 Å². The van der Waals surface area contributed by atoms with E-state index in [-0.39, 0.29) is 11.3 Å². The van der Waals surface area contributed by atoms with Crippen molar-refractivity contribution in [2.24, 2.45) is 0 Å². The minimum atomic E-state index is -0.892. The van der Waals surface area contributed by atoms with E-state index in [1.807, 2.05) is 0 Å². The maximum Gasteiger partial charge on any atom is 0.300 e. The van der Waals surface area contributed by atoms with Crippen LogP contribution in [0.4, 0.5) is 22.7 Å². The maximum atomic E-state index is 11.7. The fourth-order valence-electron chi connectivity index (χ4n) is 1.79. The molecule has 4 N–H and O–H groups in total. The van der Waals surface area contributed by atoms with Crippen molar-refractivity contribution in [2.75, 3.05) is 11.5 Å². The zero-order chi connectivity index (χ0) is 15.7. The third-order valence-corrected chi connectivity index (χ3v) is 2.74. The van der Waals surface area contributed by atoms with Crippen LogP contribution >= 0.6 is 0 Å². The predicted octanol–water partition coefficient (Wildman–Crippen LogP) is 0.363. The van der Waals surface area contributed by atoms with Gasteiger partial charge in [0.25, 0.3) is 11.4 Å². The van der Waals surface area contributed by atoms with Crippen molar-refractivity contribution >= 4 is 22.7 Å². The van der Waals surface area contributed by atoms with Gasteiger partial charge in [-0.15, -0.1) is 0 Å². The van der Waals surface area contributed by atoms with Crippen molar-refractivity contribution in [1.29, 1.82) is 0 Å². The van der Waals surface area contributed by atoms with E-state index < -0.39 is 32.6 Å². The lowest BCUT2D eigenvalue weighted by Gasteiger charge is -2.09. The summed E-state index contributed by atoms with van der Waals surface area (Å²) < 4.78 is 0.308. The number of aromatic nitrogens is 2. The molecule has 0 atom stereocenters. The molecule has 1 aromatic heterocycles. The number of nitrogen functional groups attached to an aromatic ring is 2. The molecule has 1 aromatic carbocycles. The first kappa shape index (κ1) is 13.9. The summed E-state index contributed by atoms with van der Waals surface area (Å²) in [6, 6.07) is 0.652. The Bertz CT molecular complexity index is 724. The molecule has 0 unspecified atom stereocenters. The molecule has 0 bridgehead atoms. The molecule has 0 radical (unpaired) electrons. The van der Waals surface area contributed by atoms with E-state index in [2.05, 4.69) is 4.98 Å². The predicted molar refractivity (Wildman–Crippen MR) is 70.8 cm³/mol. The molecule has 0 aliphatic heterocycles. The lowest BCUT2D eigenvalue weighted by atomic mass is 10.0. The van der Waals surface area contributed by atoms with Gasteiger partial charge in [0.15, 0.2) is 6.20 Å². The Morgan fingerprint density at radius 2 is 1.62 bits per heavy atom. The van der Waals surface area contributed by atoms with Gasteiger partial charge in [-0.1, -0.05) is 0 Å². The monoisotopic (exact) mass is 292 g/mol. The highest BCUT2D eigenvalue weighted by atomic mass is 16.6. The van der Waals surface area contributed by atoms with Gasteiger partial charge in [-0.3, -0.25) is 25.2 Å². The van der Waals surface area contributed by atoms with Crippen LogP contribution in [0.15, 0.2) is 24.7 Å². The number of benzene rings is 1. The van der Waals surface area contributed by atoms with Gasteiger partial charge in [0.2, 0.25) is 5.69 Å². The second-order valence-corrected chi connectivity index (χ2v) is 3.92. The molecule has 0 saturated carbocycles. The van der Waals surface area contributed by atoms with Crippen LogP contribution in [0.3, 0.4) is 0 Å². The van der Waals surface area contributed by atoms with E-state index >= 15 is 0 Å². The number of nitro groups is 2. The Kier molecular flexibility index (Phi) is 3.24. The largest absolute Gasteiger partial charge is 0.618 e. The number of nitrogens with two attached hydrogens (primary N) is 2. The van der Waals surface area contributed by atoms with Gasteiger partial charge in [-0.25, -0.2) is 0 Å². The van der Waals surface area contributed by atoms with Crippen molar-refractivity contribution < 1.29 is 14.6 Å². The highest BCUT2D eigenvalue weighted by Crippen LogP contribution is 2.42. The second-order valence-electron chi connectivity index (χ2n) is 3.92. The average Bonchev–Trinajstić information content (AvgIpc) is 2.40. The van der Waals surface area contributed by atoms with Crippen LogP contribution in [0.25, 0.3) is 11.3 Å². The normalized spacial score (nSPS) is 10.3. The molecule has 0 fully saturated rings. The fraction of sp³-hybridized carbons (Fsp3) is 0. The molecule has 11 nitrogen and oxygen atoms in total. The van der Waals surface area contributed by atoms with Crippen LogP contribution in [0, 0.1) is 25.4 Å². The summed E-state index contributed by atoms with van der Waals surface area (Å²) in [5.74, 6) is 0. The van der Waals surface area contributed by atoms with Crippen LogP contribution < -0.4 is 16.2 Å².